The summed E-state index contributed by atoms with van der Waals surface area (Å²) < 4.78 is 1.50. The van der Waals surface area contributed by atoms with Gasteiger partial charge in [-0.3, -0.25) is 4.68 Å². The van der Waals surface area contributed by atoms with Crippen LogP contribution in [0, 0.1) is 0 Å². The van der Waals surface area contributed by atoms with Crippen molar-refractivity contribution in [2.24, 2.45) is 7.05 Å². The molecule has 7 nitrogen and oxygen atoms in total. The van der Waals surface area contributed by atoms with Gasteiger partial charge in [-0.1, -0.05) is 20.8 Å². The van der Waals surface area contributed by atoms with Crippen LogP contribution in [0.5, 0.6) is 0 Å². The number of carbonyl (C=O) groups is 2. The SMILES string of the molecule is CCC(CC)(CC)NC(=O)NC(C(=O)O)c1cnn(C)c1. The van der Waals surface area contributed by atoms with Crippen LogP contribution in [0.15, 0.2) is 12.4 Å². The van der Waals surface area contributed by atoms with Crippen molar-refractivity contribution < 1.29 is 14.7 Å². The van der Waals surface area contributed by atoms with Gasteiger partial charge in [0.25, 0.3) is 0 Å². The molecule has 0 radical (unpaired) electrons. The fraction of sp³-hybridized carbons (Fsp3) is 0.643. The van der Waals surface area contributed by atoms with Gasteiger partial charge in [-0.2, -0.15) is 5.10 Å². The lowest BCUT2D eigenvalue weighted by molar-refractivity contribution is -0.139. The van der Waals surface area contributed by atoms with Crippen LogP contribution in [0.25, 0.3) is 0 Å². The number of aromatic nitrogens is 2. The highest BCUT2D eigenvalue weighted by molar-refractivity contribution is 5.83. The number of nitrogens with one attached hydrogen (secondary N) is 2. The molecular formula is C14H24N4O3. The highest BCUT2D eigenvalue weighted by Gasteiger charge is 2.29. The summed E-state index contributed by atoms with van der Waals surface area (Å²) in [7, 11) is 1.69. The summed E-state index contributed by atoms with van der Waals surface area (Å²) in [6, 6.07) is -1.58. The van der Waals surface area contributed by atoms with Crippen molar-refractivity contribution in [2.45, 2.75) is 51.6 Å². The summed E-state index contributed by atoms with van der Waals surface area (Å²) in [6.45, 7) is 6.01. The lowest BCUT2D eigenvalue weighted by Crippen LogP contribution is -2.52. The molecule has 1 atom stereocenters. The molecule has 1 aromatic heterocycles. The van der Waals surface area contributed by atoms with E-state index in [1.54, 1.807) is 13.2 Å². The van der Waals surface area contributed by atoms with E-state index >= 15 is 0 Å². The Balaban J connectivity index is 2.81. The van der Waals surface area contributed by atoms with E-state index in [0.717, 1.165) is 19.3 Å². The van der Waals surface area contributed by atoms with E-state index in [2.05, 4.69) is 15.7 Å². The van der Waals surface area contributed by atoms with Crippen molar-refractivity contribution in [3.05, 3.63) is 18.0 Å². The van der Waals surface area contributed by atoms with Crippen molar-refractivity contribution >= 4 is 12.0 Å². The minimum Gasteiger partial charge on any atom is -0.479 e. The Morgan fingerprint density at radius 3 is 2.29 bits per heavy atom. The van der Waals surface area contributed by atoms with Gasteiger partial charge in [-0.05, 0) is 19.3 Å². The topological polar surface area (TPSA) is 96.2 Å². The number of aryl methyl sites for hydroxylation is 1. The van der Waals surface area contributed by atoms with Gasteiger partial charge >= 0.3 is 12.0 Å². The highest BCUT2D eigenvalue weighted by Crippen LogP contribution is 2.19. The van der Waals surface area contributed by atoms with Gasteiger partial charge in [0.1, 0.15) is 0 Å². The normalized spacial score (nSPS) is 12.8. The average Bonchev–Trinajstić information content (AvgIpc) is 2.88. The van der Waals surface area contributed by atoms with E-state index in [-0.39, 0.29) is 5.54 Å². The van der Waals surface area contributed by atoms with E-state index in [0.29, 0.717) is 5.56 Å². The summed E-state index contributed by atoms with van der Waals surface area (Å²) in [5.74, 6) is -1.12. The predicted molar refractivity (Wildman–Crippen MR) is 78.9 cm³/mol. The quantitative estimate of drug-likeness (QED) is 0.715. The third-order valence-electron chi connectivity index (χ3n) is 3.99. The van der Waals surface area contributed by atoms with Gasteiger partial charge in [0.2, 0.25) is 0 Å². The summed E-state index contributed by atoms with van der Waals surface area (Å²) in [4.78, 5) is 23.5. The molecule has 2 amide bonds. The van der Waals surface area contributed by atoms with Crippen LogP contribution in [0.1, 0.15) is 51.6 Å². The zero-order chi connectivity index (χ0) is 16.0. The van der Waals surface area contributed by atoms with E-state index in [4.69, 9.17) is 0 Å². The van der Waals surface area contributed by atoms with Gasteiger partial charge in [-0.25, -0.2) is 9.59 Å². The molecule has 0 fully saturated rings. The Morgan fingerprint density at radius 2 is 1.90 bits per heavy atom. The maximum Gasteiger partial charge on any atom is 0.331 e. The molecule has 0 spiro atoms. The summed E-state index contributed by atoms with van der Waals surface area (Å²) >= 11 is 0. The predicted octanol–water partition coefficient (Wildman–Crippen LogP) is 1.81. The maximum atomic E-state index is 12.1. The zero-order valence-electron chi connectivity index (χ0n) is 13.0. The summed E-state index contributed by atoms with van der Waals surface area (Å²) in [5.41, 5.74) is 0.137. The van der Waals surface area contributed by atoms with Crippen LogP contribution in [-0.2, 0) is 11.8 Å². The van der Waals surface area contributed by atoms with Gasteiger partial charge in [0.15, 0.2) is 6.04 Å². The molecule has 0 aromatic carbocycles. The second-order valence-electron chi connectivity index (χ2n) is 5.16. The number of carboxylic acid groups (broad SMARTS) is 1. The molecule has 0 aliphatic rings. The van der Waals surface area contributed by atoms with Gasteiger partial charge in [0, 0.05) is 24.3 Å². The molecule has 1 unspecified atom stereocenters. The molecule has 0 aliphatic carbocycles. The minimum absolute atomic E-state index is 0.303. The number of carbonyl (C=O) groups excluding carboxylic acids is 1. The fourth-order valence-corrected chi connectivity index (χ4v) is 2.30. The van der Waals surface area contributed by atoms with Crippen LogP contribution in [0.2, 0.25) is 0 Å². The number of aliphatic carboxylic acids is 1. The van der Waals surface area contributed by atoms with Crippen molar-refractivity contribution in [3.8, 4) is 0 Å². The van der Waals surface area contributed by atoms with Crippen LogP contribution in [0.3, 0.4) is 0 Å². The average molecular weight is 296 g/mol. The van der Waals surface area contributed by atoms with E-state index in [1.165, 1.54) is 10.9 Å². The summed E-state index contributed by atoms with van der Waals surface area (Å²) in [5, 5.41) is 18.6. The maximum absolute atomic E-state index is 12.1. The number of amides is 2. The first-order chi connectivity index (χ1) is 9.87. The van der Waals surface area contributed by atoms with Gasteiger partial charge in [0.05, 0.1) is 6.20 Å². The molecule has 7 heteroatoms. The van der Waals surface area contributed by atoms with Gasteiger partial charge < -0.3 is 15.7 Å². The number of nitrogens with zero attached hydrogens (tertiary/aromatic N) is 2. The van der Waals surface area contributed by atoms with Crippen LogP contribution < -0.4 is 10.6 Å². The third-order valence-corrected chi connectivity index (χ3v) is 3.99. The first-order valence-electron chi connectivity index (χ1n) is 7.17. The molecule has 0 aliphatic heterocycles. The van der Waals surface area contributed by atoms with E-state index < -0.39 is 18.0 Å². The lowest BCUT2D eigenvalue weighted by atomic mass is 9.90. The highest BCUT2D eigenvalue weighted by atomic mass is 16.4. The Labute approximate surface area is 124 Å². The van der Waals surface area contributed by atoms with E-state index in [9.17, 15) is 14.7 Å². The van der Waals surface area contributed by atoms with Crippen molar-refractivity contribution in [2.75, 3.05) is 0 Å². The smallest absolute Gasteiger partial charge is 0.331 e. The number of urea groups is 1. The molecule has 1 rings (SSSR count). The van der Waals surface area contributed by atoms with Gasteiger partial charge in [-0.15, -0.1) is 0 Å². The fourth-order valence-electron chi connectivity index (χ4n) is 2.30. The first kappa shape index (κ1) is 17.0. The van der Waals surface area contributed by atoms with E-state index in [1.807, 2.05) is 20.8 Å². The molecule has 21 heavy (non-hydrogen) atoms. The number of hydrogen-bond donors (Lipinski definition) is 3. The minimum atomic E-state index is -1.12. The van der Waals surface area contributed by atoms with Crippen molar-refractivity contribution in [1.82, 2.24) is 20.4 Å². The largest absolute Gasteiger partial charge is 0.479 e. The van der Waals surface area contributed by atoms with Crippen molar-refractivity contribution in [1.29, 1.82) is 0 Å². The Bertz CT molecular complexity index is 486. The second-order valence-corrected chi connectivity index (χ2v) is 5.16. The number of rotatable bonds is 7. The zero-order valence-corrected chi connectivity index (χ0v) is 13.0. The van der Waals surface area contributed by atoms with Crippen molar-refractivity contribution in [3.63, 3.8) is 0 Å². The Hall–Kier alpha value is -2.05. The molecular weight excluding hydrogens is 272 g/mol. The lowest BCUT2D eigenvalue weighted by Gasteiger charge is -2.32. The van der Waals surface area contributed by atoms with Crippen LogP contribution in [0.4, 0.5) is 4.79 Å². The molecule has 1 heterocycles. The summed E-state index contributed by atoms with van der Waals surface area (Å²) in [6.07, 6.45) is 5.38. The Kier molecular flexibility index (Phi) is 5.75. The Morgan fingerprint density at radius 1 is 1.33 bits per heavy atom. The number of hydrogen-bond acceptors (Lipinski definition) is 3. The molecule has 1 aromatic rings. The second kappa shape index (κ2) is 7.10. The third kappa shape index (κ3) is 4.21. The molecule has 3 N–H and O–H groups in total. The molecule has 0 saturated carbocycles. The standard InChI is InChI=1S/C14H24N4O3/c1-5-14(6-2,7-3)17-13(21)16-11(12(19)20)10-8-15-18(4)9-10/h8-9,11H,5-7H2,1-4H3,(H,19,20)(H2,16,17,21). The number of carboxylic acids is 1. The monoisotopic (exact) mass is 296 g/mol. The van der Waals surface area contributed by atoms with Crippen LogP contribution in [-0.4, -0.2) is 32.4 Å². The molecule has 0 bridgehead atoms. The molecule has 0 saturated heterocycles. The first-order valence-corrected chi connectivity index (χ1v) is 7.17. The molecule has 118 valence electrons. The van der Waals surface area contributed by atoms with Crippen LogP contribution >= 0.6 is 0 Å².